The molecule has 2 heteroatoms. The van der Waals surface area contributed by atoms with E-state index in [0.717, 1.165) is 17.2 Å². The average Bonchev–Trinajstić information content (AvgIpc) is 2.95. The van der Waals surface area contributed by atoms with Crippen LogP contribution in [0.15, 0.2) is 6.07 Å². The number of Topliss-reactive ketones (excluding diaryl/α,β-unsaturated/α-hetero) is 1. The number of hydrogen-bond donors (Lipinski definition) is 0. The number of hydrogen-bond acceptors (Lipinski definition) is 2. The minimum absolute atomic E-state index is 0.400. The molecule has 0 N–H and O–H groups in total. The molecule has 0 atom stereocenters. The minimum atomic E-state index is 0.400. The van der Waals surface area contributed by atoms with E-state index in [1.807, 2.05) is 0 Å². The number of fused-ring (bicyclic) bond motifs is 1. The predicted molar refractivity (Wildman–Crippen MR) is 62.6 cm³/mol. The Morgan fingerprint density at radius 3 is 2.87 bits per heavy atom. The Hall–Kier alpha value is -0.630. The SMILES string of the molecule is O=C(CC1CC1)c1cc2c(s1)CCCC2. The van der Waals surface area contributed by atoms with Crippen molar-refractivity contribution in [3.63, 3.8) is 0 Å². The van der Waals surface area contributed by atoms with Crippen LogP contribution in [0.4, 0.5) is 0 Å². The first-order chi connectivity index (χ1) is 7.33. The van der Waals surface area contributed by atoms with Gasteiger partial charge in [-0.15, -0.1) is 11.3 Å². The first-order valence-corrected chi connectivity index (χ1v) is 6.79. The first-order valence-electron chi connectivity index (χ1n) is 5.98. The van der Waals surface area contributed by atoms with Crippen LogP contribution in [0, 0.1) is 5.92 Å². The van der Waals surface area contributed by atoms with Crippen molar-refractivity contribution in [2.45, 2.75) is 44.9 Å². The molecule has 0 bridgehead atoms. The Kier molecular flexibility index (Phi) is 2.39. The van der Waals surface area contributed by atoms with Crippen LogP contribution in [0.25, 0.3) is 0 Å². The minimum Gasteiger partial charge on any atom is -0.293 e. The maximum atomic E-state index is 11.9. The van der Waals surface area contributed by atoms with Crippen LogP contribution in [-0.2, 0) is 12.8 Å². The molecular weight excluding hydrogens is 204 g/mol. The molecule has 0 unspecified atom stereocenters. The first kappa shape index (κ1) is 9.59. The van der Waals surface area contributed by atoms with Crippen molar-refractivity contribution in [2.75, 3.05) is 0 Å². The number of thiophene rings is 1. The Bertz CT molecular complexity index is 364. The molecular formula is C13H16OS. The molecule has 1 fully saturated rings. The highest BCUT2D eigenvalue weighted by molar-refractivity contribution is 7.14. The standard InChI is InChI=1S/C13H16OS/c14-11(7-9-5-6-9)13-8-10-3-1-2-4-12(10)15-13/h8-9H,1-7H2. The summed E-state index contributed by atoms with van der Waals surface area (Å²) in [5, 5.41) is 0. The Morgan fingerprint density at radius 1 is 1.33 bits per heavy atom. The summed E-state index contributed by atoms with van der Waals surface area (Å²) in [6, 6.07) is 2.17. The zero-order chi connectivity index (χ0) is 10.3. The molecule has 1 aromatic rings. The van der Waals surface area contributed by atoms with Crippen molar-refractivity contribution in [3.05, 3.63) is 21.4 Å². The highest BCUT2D eigenvalue weighted by Gasteiger charge is 2.26. The molecule has 0 aromatic carbocycles. The molecule has 80 valence electrons. The second-order valence-corrected chi connectivity index (χ2v) is 5.97. The molecule has 1 saturated carbocycles. The Labute approximate surface area is 94.5 Å². The van der Waals surface area contributed by atoms with Gasteiger partial charge in [0.05, 0.1) is 4.88 Å². The van der Waals surface area contributed by atoms with Crippen molar-refractivity contribution >= 4 is 17.1 Å². The normalized spacial score (nSPS) is 20.0. The molecule has 0 spiro atoms. The lowest BCUT2D eigenvalue weighted by molar-refractivity contribution is 0.0980. The van der Waals surface area contributed by atoms with Gasteiger partial charge < -0.3 is 0 Å². The van der Waals surface area contributed by atoms with Gasteiger partial charge in [0.2, 0.25) is 0 Å². The summed E-state index contributed by atoms with van der Waals surface area (Å²) in [5.41, 5.74) is 1.46. The summed E-state index contributed by atoms with van der Waals surface area (Å²) < 4.78 is 0. The van der Waals surface area contributed by atoms with Gasteiger partial charge in [-0.25, -0.2) is 0 Å². The van der Waals surface area contributed by atoms with Gasteiger partial charge in [0, 0.05) is 11.3 Å². The molecule has 0 saturated heterocycles. The van der Waals surface area contributed by atoms with E-state index < -0.39 is 0 Å². The third-order valence-electron chi connectivity index (χ3n) is 3.44. The molecule has 0 radical (unpaired) electrons. The zero-order valence-electron chi connectivity index (χ0n) is 8.92. The molecule has 1 aromatic heterocycles. The van der Waals surface area contributed by atoms with Gasteiger partial charge in [-0.2, -0.15) is 0 Å². The van der Waals surface area contributed by atoms with Gasteiger partial charge >= 0.3 is 0 Å². The number of carbonyl (C=O) groups is 1. The van der Waals surface area contributed by atoms with E-state index in [1.165, 1.54) is 49.0 Å². The van der Waals surface area contributed by atoms with Crippen molar-refractivity contribution in [1.82, 2.24) is 0 Å². The summed E-state index contributed by atoms with van der Waals surface area (Å²) in [4.78, 5) is 14.4. The van der Waals surface area contributed by atoms with E-state index in [2.05, 4.69) is 6.07 Å². The smallest absolute Gasteiger partial charge is 0.173 e. The highest BCUT2D eigenvalue weighted by atomic mass is 32.1. The molecule has 1 nitrogen and oxygen atoms in total. The summed E-state index contributed by atoms with van der Waals surface area (Å²) in [5.74, 6) is 1.12. The maximum absolute atomic E-state index is 11.9. The van der Waals surface area contributed by atoms with Crippen molar-refractivity contribution < 1.29 is 4.79 Å². The molecule has 2 aliphatic carbocycles. The van der Waals surface area contributed by atoms with Gasteiger partial charge in [-0.3, -0.25) is 4.79 Å². The van der Waals surface area contributed by atoms with Crippen molar-refractivity contribution in [2.24, 2.45) is 5.92 Å². The van der Waals surface area contributed by atoms with E-state index >= 15 is 0 Å². The number of aryl methyl sites for hydroxylation is 2. The highest BCUT2D eigenvalue weighted by Crippen LogP contribution is 2.36. The molecule has 0 aliphatic heterocycles. The van der Waals surface area contributed by atoms with Crippen LogP contribution in [0.2, 0.25) is 0 Å². The number of ketones is 1. The Morgan fingerprint density at radius 2 is 2.13 bits per heavy atom. The lowest BCUT2D eigenvalue weighted by Crippen LogP contribution is -1.97. The summed E-state index contributed by atoms with van der Waals surface area (Å²) in [6.45, 7) is 0. The lowest BCUT2D eigenvalue weighted by atomic mass is 9.99. The summed E-state index contributed by atoms with van der Waals surface area (Å²) >= 11 is 1.76. The van der Waals surface area contributed by atoms with E-state index in [-0.39, 0.29) is 0 Å². The third-order valence-corrected chi connectivity index (χ3v) is 4.72. The number of rotatable bonds is 3. The fourth-order valence-corrected chi connectivity index (χ4v) is 3.52. The molecule has 3 rings (SSSR count). The molecule has 2 aliphatic rings. The van der Waals surface area contributed by atoms with Crippen molar-refractivity contribution in [3.8, 4) is 0 Å². The van der Waals surface area contributed by atoms with Crippen LogP contribution in [0.1, 0.15) is 52.2 Å². The number of carbonyl (C=O) groups excluding carboxylic acids is 1. The van der Waals surface area contributed by atoms with Gasteiger partial charge in [-0.1, -0.05) is 0 Å². The maximum Gasteiger partial charge on any atom is 0.173 e. The van der Waals surface area contributed by atoms with Gasteiger partial charge in [0.1, 0.15) is 0 Å². The van der Waals surface area contributed by atoms with Crippen LogP contribution < -0.4 is 0 Å². The molecule has 0 amide bonds. The largest absolute Gasteiger partial charge is 0.293 e. The van der Waals surface area contributed by atoms with Crippen LogP contribution >= 0.6 is 11.3 Å². The summed E-state index contributed by atoms with van der Waals surface area (Å²) in [6.07, 6.45) is 8.37. The van der Waals surface area contributed by atoms with Gasteiger partial charge in [0.25, 0.3) is 0 Å². The van der Waals surface area contributed by atoms with Crippen LogP contribution in [-0.4, -0.2) is 5.78 Å². The monoisotopic (exact) mass is 220 g/mol. The fourth-order valence-electron chi connectivity index (χ4n) is 2.31. The molecule has 1 heterocycles. The van der Waals surface area contributed by atoms with E-state index in [9.17, 15) is 4.79 Å². The van der Waals surface area contributed by atoms with E-state index in [1.54, 1.807) is 11.3 Å². The van der Waals surface area contributed by atoms with E-state index in [4.69, 9.17) is 0 Å². The second-order valence-electron chi connectivity index (χ2n) is 4.84. The lowest BCUT2D eigenvalue weighted by Gasteiger charge is -2.08. The Balaban J connectivity index is 1.78. The predicted octanol–water partition coefficient (Wildman–Crippen LogP) is 3.61. The zero-order valence-corrected chi connectivity index (χ0v) is 9.74. The fraction of sp³-hybridized carbons (Fsp3) is 0.615. The van der Waals surface area contributed by atoms with Crippen LogP contribution in [0.5, 0.6) is 0 Å². The summed E-state index contributed by atoms with van der Waals surface area (Å²) in [7, 11) is 0. The van der Waals surface area contributed by atoms with E-state index in [0.29, 0.717) is 5.78 Å². The van der Waals surface area contributed by atoms with Gasteiger partial charge in [0.15, 0.2) is 5.78 Å². The second kappa shape index (κ2) is 3.75. The van der Waals surface area contributed by atoms with Crippen LogP contribution in [0.3, 0.4) is 0 Å². The topological polar surface area (TPSA) is 17.1 Å². The quantitative estimate of drug-likeness (QED) is 0.711. The third kappa shape index (κ3) is 2.00. The molecule has 15 heavy (non-hydrogen) atoms. The van der Waals surface area contributed by atoms with Crippen molar-refractivity contribution in [1.29, 1.82) is 0 Å². The van der Waals surface area contributed by atoms with Gasteiger partial charge in [-0.05, 0) is 56.1 Å². The average molecular weight is 220 g/mol.